The van der Waals surface area contributed by atoms with E-state index in [1.54, 1.807) is 6.20 Å². The van der Waals surface area contributed by atoms with Crippen LogP contribution in [0.15, 0.2) is 21.5 Å². The predicted octanol–water partition coefficient (Wildman–Crippen LogP) is 2.40. The molecule has 1 aromatic rings. The SMILES string of the molecule is O=C(c1cc(=O)[nH]cc1Br)N(CC1CC1)CC1CC1. The average molecular weight is 325 g/mol. The highest BCUT2D eigenvalue weighted by atomic mass is 79.9. The Bertz CT molecular complexity index is 533. The maximum absolute atomic E-state index is 12.6. The van der Waals surface area contributed by atoms with Crippen molar-refractivity contribution in [3.63, 3.8) is 0 Å². The Morgan fingerprint density at radius 1 is 1.26 bits per heavy atom. The molecule has 2 saturated carbocycles. The molecule has 0 spiro atoms. The van der Waals surface area contributed by atoms with Gasteiger partial charge in [0.1, 0.15) is 0 Å². The van der Waals surface area contributed by atoms with E-state index in [1.807, 2.05) is 4.90 Å². The van der Waals surface area contributed by atoms with Crippen LogP contribution >= 0.6 is 15.9 Å². The number of carbonyl (C=O) groups excluding carboxylic acids is 1. The van der Waals surface area contributed by atoms with Crippen LogP contribution in [-0.4, -0.2) is 28.9 Å². The second kappa shape index (κ2) is 5.12. The molecule has 2 fully saturated rings. The minimum atomic E-state index is -0.232. The fraction of sp³-hybridized carbons (Fsp3) is 0.571. The van der Waals surface area contributed by atoms with E-state index in [4.69, 9.17) is 0 Å². The molecule has 102 valence electrons. The zero-order valence-corrected chi connectivity index (χ0v) is 12.3. The zero-order valence-electron chi connectivity index (χ0n) is 10.7. The van der Waals surface area contributed by atoms with Crippen molar-refractivity contribution >= 4 is 21.8 Å². The van der Waals surface area contributed by atoms with E-state index in [2.05, 4.69) is 20.9 Å². The van der Waals surface area contributed by atoms with Crippen LogP contribution in [0.25, 0.3) is 0 Å². The Labute approximate surface area is 120 Å². The number of aromatic amines is 1. The lowest BCUT2D eigenvalue weighted by Gasteiger charge is -2.23. The molecule has 3 rings (SSSR count). The zero-order chi connectivity index (χ0) is 13.4. The van der Waals surface area contributed by atoms with E-state index in [1.165, 1.54) is 31.7 Å². The van der Waals surface area contributed by atoms with Crippen molar-refractivity contribution < 1.29 is 4.79 Å². The molecule has 1 heterocycles. The van der Waals surface area contributed by atoms with Crippen molar-refractivity contribution in [3.8, 4) is 0 Å². The Balaban J connectivity index is 1.80. The summed E-state index contributed by atoms with van der Waals surface area (Å²) < 4.78 is 0.661. The molecule has 1 N–H and O–H groups in total. The summed E-state index contributed by atoms with van der Waals surface area (Å²) in [5.41, 5.74) is 0.245. The maximum Gasteiger partial charge on any atom is 0.255 e. The van der Waals surface area contributed by atoms with Crippen LogP contribution < -0.4 is 5.56 Å². The molecular weight excluding hydrogens is 308 g/mol. The molecule has 1 amide bonds. The molecule has 0 atom stereocenters. The number of hydrogen-bond donors (Lipinski definition) is 1. The number of halogens is 1. The summed E-state index contributed by atoms with van der Waals surface area (Å²) in [5.74, 6) is 1.32. The van der Waals surface area contributed by atoms with Gasteiger partial charge in [0.2, 0.25) is 5.56 Å². The first-order valence-corrected chi connectivity index (χ1v) is 7.60. The first kappa shape index (κ1) is 12.9. The van der Waals surface area contributed by atoms with Crippen LogP contribution in [0.3, 0.4) is 0 Å². The van der Waals surface area contributed by atoms with E-state index >= 15 is 0 Å². The molecule has 2 aliphatic carbocycles. The van der Waals surface area contributed by atoms with E-state index < -0.39 is 0 Å². The minimum absolute atomic E-state index is 0.0169. The molecule has 4 nitrogen and oxygen atoms in total. The quantitative estimate of drug-likeness (QED) is 0.904. The molecule has 0 aliphatic heterocycles. The lowest BCUT2D eigenvalue weighted by molar-refractivity contribution is 0.0738. The third-order valence-corrected chi connectivity index (χ3v) is 4.40. The molecule has 0 bridgehead atoms. The number of carbonyl (C=O) groups is 1. The topological polar surface area (TPSA) is 53.2 Å². The predicted molar refractivity (Wildman–Crippen MR) is 76.1 cm³/mol. The van der Waals surface area contributed by atoms with Gasteiger partial charge in [0.05, 0.1) is 5.56 Å². The number of nitrogens with zero attached hydrogens (tertiary/aromatic N) is 1. The number of H-pyrrole nitrogens is 1. The van der Waals surface area contributed by atoms with Crippen molar-refractivity contribution in [1.82, 2.24) is 9.88 Å². The number of rotatable bonds is 5. The van der Waals surface area contributed by atoms with Crippen molar-refractivity contribution in [2.45, 2.75) is 25.7 Å². The van der Waals surface area contributed by atoms with E-state index in [0.717, 1.165) is 13.1 Å². The minimum Gasteiger partial charge on any atom is -0.338 e. The summed E-state index contributed by atoms with van der Waals surface area (Å²) in [6.45, 7) is 1.68. The number of amides is 1. The third kappa shape index (κ3) is 3.26. The van der Waals surface area contributed by atoms with E-state index in [0.29, 0.717) is 21.9 Å². The van der Waals surface area contributed by atoms with Crippen LogP contribution in [-0.2, 0) is 0 Å². The van der Waals surface area contributed by atoms with Gasteiger partial charge in [-0.2, -0.15) is 0 Å². The van der Waals surface area contributed by atoms with Gasteiger partial charge in [0.15, 0.2) is 0 Å². The largest absolute Gasteiger partial charge is 0.338 e. The van der Waals surface area contributed by atoms with Crippen LogP contribution in [0.4, 0.5) is 0 Å². The lowest BCUT2D eigenvalue weighted by atomic mass is 10.2. The maximum atomic E-state index is 12.6. The van der Waals surface area contributed by atoms with Gasteiger partial charge in [0.25, 0.3) is 5.91 Å². The third-order valence-electron chi connectivity index (χ3n) is 3.74. The normalized spacial score (nSPS) is 18.4. The van der Waals surface area contributed by atoms with E-state index in [9.17, 15) is 9.59 Å². The summed E-state index contributed by atoms with van der Waals surface area (Å²) in [4.78, 5) is 28.5. The second-order valence-corrected chi connectivity index (χ2v) is 6.51. The van der Waals surface area contributed by atoms with Gasteiger partial charge in [-0.3, -0.25) is 9.59 Å². The molecule has 0 unspecified atom stereocenters. The van der Waals surface area contributed by atoms with Crippen molar-refractivity contribution in [1.29, 1.82) is 0 Å². The summed E-state index contributed by atoms with van der Waals surface area (Å²) in [6, 6.07) is 1.39. The Morgan fingerprint density at radius 3 is 2.37 bits per heavy atom. The molecule has 1 aromatic heterocycles. The molecule has 2 aliphatic rings. The number of pyridine rings is 1. The first-order chi connectivity index (χ1) is 9.13. The van der Waals surface area contributed by atoms with Crippen LogP contribution in [0, 0.1) is 11.8 Å². The summed E-state index contributed by atoms with van der Waals surface area (Å²) >= 11 is 3.35. The van der Waals surface area contributed by atoms with Gasteiger partial charge in [0, 0.05) is 29.8 Å². The molecule has 0 aromatic carbocycles. The lowest BCUT2D eigenvalue weighted by Crippen LogP contribution is -2.35. The Kier molecular flexibility index (Phi) is 3.48. The van der Waals surface area contributed by atoms with Crippen LogP contribution in [0.5, 0.6) is 0 Å². The summed E-state index contributed by atoms with van der Waals surface area (Å²) in [6.07, 6.45) is 6.45. The van der Waals surface area contributed by atoms with Gasteiger partial charge in [-0.1, -0.05) is 0 Å². The highest BCUT2D eigenvalue weighted by molar-refractivity contribution is 9.10. The van der Waals surface area contributed by atoms with Crippen molar-refractivity contribution in [2.75, 3.05) is 13.1 Å². The van der Waals surface area contributed by atoms with Crippen molar-refractivity contribution in [3.05, 3.63) is 32.7 Å². The summed E-state index contributed by atoms with van der Waals surface area (Å²) in [7, 11) is 0. The molecule has 0 saturated heterocycles. The van der Waals surface area contributed by atoms with Gasteiger partial charge in [-0.15, -0.1) is 0 Å². The number of aromatic nitrogens is 1. The Hall–Kier alpha value is -1.10. The monoisotopic (exact) mass is 324 g/mol. The highest BCUT2D eigenvalue weighted by Crippen LogP contribution is 2.34. The fourth-order valence-corrected chi connectivity index (χ4v) is 2.65. The van der Waals surface area contributed by atoms with Gasteiger partial charge in [-0.25, -0.2) is 0 Å². The highest BCUT2D eigenvalue weighted by Gasteiger charge is 2.32. The standard InChI is InChI=1S/C14H17BrN2O2/c15-12-6-16-13(18)5-11(12)14(19)17(7-9-1-2-9)8-10-3-4-10/h5-6,9-10H,1-4,7-8H2,(H,16,18). The first-order valence-electron chi connectivity index (χ1n) is 6.81. The van der Waals surface area contributed by atoms with Gasteiger partial charge >= 0.3 is 0 Å². The van der Waals surface area contributed by atoms with E-state index in [-0.39, 0.29) is 11.5 Å². The molecule has 19 heavy (non-hydrogen) atoms. The smallest absolute Gasteiger partial charge is 0.255 e. The molecule has 5 heteroatoms. The number of nitrogens with one attached hydrogen (secondary N) is 1. The average Bonchev–Trinajstić information content (AvgIpc) is 3.25. The number of hydrogen-bond acceptors (Lipinski definition) is 2. The second-order valence-electron chi connectivity index (χ2n) is 5.66. The van der Waals surface area contributed by atoms with Gasteiger partial charge < -0.3 is 9.88 Å². The Morgan fingerprint density at radius 2 is 1.84 bits per heavy atom. The summed E-state index contributed by atoms with van der Waals surface area (Å²) in [5, 5.41) is 0. The van der Waals surface area contributed by atoms with Gasteiger partial charge in [-0.05, 0) is 53.4 Å². The molecular formula is C14H17BrN2O2. The molecule has 0 radical (unpaired) electrons. The van der Waals surface area contributed by atoms with Crippen molar-refractivity contribution in [2.24, 2.45) is 11.8 Å². The fourth-order valence-electron chi connectivity index (χ4n) is 2.25. The van der Waals surface area contributed by atoms with Crippen LogP contribution in [0.2, 0.25) is 0 Å². The van der Waals surface area contributed by atoms with Crippen LogP contribution in [0.1, 0.15) is 36.0 Å².